The molecule has 0 bridgehead atoms. The van der Waals surface area contributed by atoms with E-state index in [1.165, 1.54) is 12.1 Å². The van der Waals surface area contributed by atoms with Gasteiger partial charge in [-0.3, -0.25) is 4.79 Å². The van der Waals surface area contributed by atoms with Gasteiger partial charge in [0.15, 0.2) is 0 Å². The Bertz CT molecular complexity index is 445. The number of nitrogens with one attached hydrogen (secondary N) is 2. The SMILES string of the molecule is O=C(CNCC1(O)CCCC1)Nc1cccc(F)c1. The van der Waals surface area contributed by atoms with Crippen LogP contribution < -0.4 is 10.6 Å². The molecule has 4 nitrogen and oxygen atoms in total. The minimum absolute atomic E-state index is 0.110. The molecule has 2 rings (SSSR count). The Morgan fingerprint density at radius 3 is 2.79 bits per heavy atom. The second-order valence-corrected chi connectivity index (χ2v) is 5.09. The van der Waals surface area contributed by atoms with Gasteiger partial charge in [-0.15, -0.1) is 0 Å². The summed E-state index contributed by atoms with van der Waals surface area (Å²) in [7, 11) is 0. The average Bonchev–Trinajstić information content (AvgIpc) is 2.76. The van der Waals surface area contributed by atoms with Gasteiger partial charge in [-0.05, 0) is 31.0 Å². The molecule has 1 aliphatic rings. The lowest BCUT2D eigenvalue weighted by atomic mass is 10.0. The highest BCUT2D eigenvalue weighted by Gasteiger charge is 2.30. The molecule has 0 aliphatic heterocycles. The standard InChI is InChI=1S/C14H19FN2O2/c15-11-4-3-5-12(8-11)17-13(18)9-16-10-14(19)6-1-2-7-14/h3-5,8,16,19H,1-2,6-7,9-10H2,(H,17,18). The molecule has 0 heterocycles. The molecule has 0 radical (unpaired) electrons. The summed E-state index contributed by atoms with van der Waals surface area (Å²) >= 11 is 0. The first-order valence-electron chi connectivity index (χ1n) is 6.56. The second-order valence-electron chi connectivity index (χ2n) is 5.09. The summed E-state index contributed by atoms with van der Waals surface area (Å²) in [6.07, 6.45) is 3.64. The lowest BCUT2D eigenvalue weighted by Gasteiger charge is -2.22. The average molecular weight is 266 g/mol. The summed E-state index contributed by atoms with van der Waals surface area (Å²) in [6.45, 7) is 0.530. The van der Waals surface area contributed by atoms with Crippen LogP contribution in [0.1, 0.15) is 25.7 Å². The quantitative estimate of drug-likeness (QED) is 0.759. The predicted molar refractivity (Wildman–Crippen MR) is 71.3 cm³/mol. The molecule has 0 unspecified atom stereocenters. The van der Waals surface area contributed by atoms with Crippen LogP contribution in [0.5, 0.6) is 0 Å². The van der Waals surface area contributed by atoms with Crippen LogP contribution in [0.2, 0.25) is 0 Å². The molecule has 1 amide bonds. The van der Waals surface area contributed by atoms with Crippen molar-refractivity contribution in [1.29, 1.82) is 0 Å². The van der Waals surface area contributed by atoms with Crippen molar-refractivity contribution >= 4 is 11.6 Å². The van der Waals surface area contributed by atoms with Gasteiger partial charge < -0.3 is 15.7 Å². The fourth-order valence-electron chi connectivity index (χ4n) is 2.39. The Balaban J connectivity index is 1.73. The Labute approximate surface area is 112 Å². The van der Waals surface area contributed by atoms with Gasteiger partial charge >= 0.3 is 0 Å². The molecule has 5 heteroatoms. The van der Waals surface area contributed by atoms with Gasteiger partial charge in [0, 0.05) is 12.2 Å². The maximum absolute atomic E-state index is 12.9. The van der Waals surface area contributed by atoms with Gasteiger partial charge in [0.05, 0.1) is 12.1 Å². The topological polar surface area (TPSA) is 61.4 Å². The minimum atomic E-state index is -0.668. The fourth-order valence-corrected chi connectivity index (χ4v) is 2.39. The van der Waals surface area contributed by atoms with Gasteiger partial charge in [-0.2, -0.15) is 0 Å². The van der Waals surface area contributed by atoms with Crippen molar-refractivity contribution in [3.05, 3.63) is 30.1 Å². The number of anilines is 1. The van der Waals surface area contributed by atoms with E-state index in [-0.39, 0.29) is 18.3 Å². The van der Waals surface area contributed by atoms with Gasteiger partial charge in [-0.25, -0.2) is 4.39 Å². The molecule has 0 aromatic heterocycles. The zero-order chi connectivity index (χ0) is 13.7. The molecule has 0 spiro atoms. The van der Waals surface area contributed by atoms with Crippen LogP contribution in [-0.4, -0.2) is 29.7 Å². The number of amides is 1. The number of carbonyl (C=O) groups excluding carboxylic acids is 1. The molecule has 0 saturated heterocycles. The first-order chi connectivity index (χ1) is 9.07. The van der Waals surface area contributed by atoms with Crippen LogP contribution in [0.4, 0.5) is 10.1 Å². The predicted octanol–water partition coefficient (Wildman–Crippen LogP) is 1.66. The zero-order valence-corrected chi connectivity index (χ0v) is 10.8. The van der Waals surface area contributed by atoms with E-state index in [0.717, 1.165) is 25.7 Å². The third kappa shape index (κ3) is 4.29. The van der Waals surface area contributed by atoms with Crippen molar-refractivity contribution in [2.45, 2.75) is 31.3 Å². The highest BCUT2D eigenvalue weighted by atomic mass is 19.1. The van der Waals surface area contributed by atoms with Crippen molar-refractivity contribution in [2.75, 3.05) is 18.4 Å². The minimum Gasteiger partial charge on any atom is -0.389 e. The molecule has 1 saturated carbocycles. The van der Waals surface area contributed by atoms with E-state index in [9.17, 15) is 14.3 Å². The second kappa shape index (κ2) is 6.12. The molecular formula is C14H19FN2O2. The van der Waals surface area contributed by atoms with E-state index >= 15 is 0 Å². The first-order valence-corrected chi connectivity index (χ1v) is 6.56. The van der Waals surface area contributed by atoms with Crippen LogP contribution in [0, 0.1) is 5.82 Å². The van der Waals surface area contributed by atoms with Gasteiger partial charge in [0.2, 0.25) is 5.91 Å². The number of carbonyl (C=O) groups is 1. The molecular weight excluding hydrogens is 247 g/mol. The zero-order valence-electron chi connectivity index (χ0n) is 10.8. The van der Waals surface area contributed by atoms with Gasteiger partial charge in [0.1, 0.15) is 5.82 Å². The molecule has 1 aromatic carbocycles. The van der Waals surface area contributed by atoms with E-state index in [1.54, 1.807) is 12.1 Å². The maximum atomic E-state index is 12.9. The van der Waals surface area contributed by atoms with Gasteiger partial charge in [-0.1, -0.05) is 18.9 Å². The van der Waals surface area contributed by atoms with Crippen LogP contribution in [0.15, 0.2) is 24.3 Å². The fraction of sp³-hybridized carbons (Fsp3) is 0.500. The Morgan fingerprint density at radius 2 is 2.11 bits per heavy atom. The highest BCUT2D eigenvalue weighted by Crippen LogP contribution is 2.28. The van der Waals surface area contributed by atoms with Crippen LogP contribution >= 0.6 is 0 Å². The van der Waals surface area contributed by atoms with Crippen LogP contribution in [0.3, 0.4) is 0 Å². The third-order valence-electron chi connectivity index (χ3n) is 3.38. The Morgan fingerprint density at radius 1 is 1.37 bits per heavy atom. The molecule has 1 aromatic rings. The van der Waals surface area contributed by atoms with E-state index in [1.807, 2.05) is 0 Å². The van der Waals surface area contributed by atoms with E-state index in [2.05, 4.69) is 10.6 Å². The Hall–Kier alpha value is -1.46. The number of rotatable bonds is 5. The van der Waals surface area contributed by atoms with Crippen molar-refractivity contribution in [2.24, 2.45) is 0 Å². The highest BCUT2D eigenvalue weighted by molar-refractivity contribution is 5.92. The van der Waals surface area contributed by atoms with Crippen molar-refractivity contribution < 1.29 is 14.3 Å². The lowest BCUT2D eigenvalue weighted by molar-refractivity contribution is -0.115. The molecule has 1 aliphatic carbocycles. The van der Waals surface area contributed by atoms with E-state index in [4.69, 9.17) is 0 Å². The van der Waals surface area contributed by atoms with Crippen LogP contribution in [0.25, 0.3) is 0 Å². The van der Waals surface area contributed by atoms with Gasteiger partial charge in [0.25, 0.3) is 0 Å². The number of halogens is 1. The number of benzene rings is 1. The first kappa shape index (κ1) is 14.0. The van der Waals surface area contributed by atoms with Crippen molar-refractivity contribution in [1.82, 2.24) is 5.32 Å². The molecule has 1 fully saturated rings. The maximum Gasteiger partial charge on any atom is 0.238 e. The monoisotopic (exact) mass is 266 g/mol. The van der Waals surface area contributed by atoms with Crippen LogP contribution in [-0.2, 0) is 4.79 Å². The number of hydrogen-bond donors (Lipinski definition) is 3. The van der Waals surface area contributed by atoms with Crippen molar-refractivity contribution in [3.8, 4) is 0 Å². The summed E-state index contributed by atoms with van der Waals surface area (Å²) < 4.78 is 12.9. The summed E-state index contributed by atoms with van der Waals surface area (Å²) in [5.74, 6) is -0.627. The lowest BCUT2D eigenvalue weighted by Crippen LogP contribution is -2.41. The summed E-state index contributed by atoms with van der Waals surface area (Å²) in [5.41, 5.74) is -0.231. The van der Waals surface area contributed by atoms with E-state index < -0.39 is 5.60 Å². The number of aliphatic hydroxyl groups is 1. The third-order valence-corrected chi connectivity index (χ3v) is 3.38. The summed E-state index contributed by atoms with van der Waals surface area (Å²) in [5, 5.41) is 15.6. The molecule has 104 valence electrons. The van der Waals surface area contributed by atoms with E-state index in [0.29, 0.717) is 12.2 Å². The Kier molecular flexibility index (Phi) is 4.50. The number of hydrogen-bond acceptors (Lipinski definition) is 3. The van der Waals surface area contributed by atoms with Crippen molar-refractivity contribution in [3.63, 3.8) is 0 Å². The summed E-state index contributed by atoms with van der Waals surface area (Å²) in [4.78, 5) is 11.6. The smallest absolute Gasteiger partial charge is 0.238 e. The molecule has 0 atom stereocenters. The molecule has 19 heavy (non-hydrogen) atoms. The molecule has 3 N–H and O–H groups in total. The largest absolute Gasteiger partial charge is 0.389 e. The summed E-state index contributed by atoms with van der Waals surface area (Å²) in [6, 6.07) is 5.76. The normalized spacial score (nSPS) is 17.4.